The minimum atomic E-state index is -0.151. The lowest BCUT2D eigenvalue weighted by Gasteiger charge is -2.16. The molecule has 3 rings (SSSR count). The number of thiophene rings is 1. The number of amides is 1. The second kappa shape index (κ2) is 6.09. The molecule has 1 amide bonds. The van der Waals surface area contributed by atoms with Gasteiger partial charge in [-0.3, -0.25) is 4.79 Å². The molecular weight excluding hydrogens is 312 g/mol. The molecular formula is C15H16N6OS. The standard InChI is InChI=1S/C15H16N6OS/c16-14(17)20-15(18)19-10-4-3-9-5-6-21(11(9)8-10)13(22)12-2-1-7-23-12/h1-4,7-8H,5-6H2,(H6,16,17,18,19,20). The number of hydrogen-bond donors (Lipinski definition) is 3. The van der Waals surface area contributed by atoms with Crippen LogP contribution < -0.4 is 22.1 Å². The fourth-order valence-corrected chi connectivity index (χ4v) is 3.14. The SMILES string of the molecule is NC(N)=NC(N)=Nc1ccc2c(c1)N(C(=O)c1cccs1)CC2. The predicted molar refractivity (Wildman–Crippen MR) is 93.2 cm³/mol. The van der Waals surface area contributed by atoms with Crippen molar-refractivity contribution in [2.45, 2.75) is 6.42 Å². The lowest BCUT2D eigenvalue weighted by Crippen LogP contribution is -2.28. The van der Waals surface area contributed by atoms with Gasteiger partial charge in [0, 0.05) is 12.2 Å². The average Bonchev–Trinajstić information content (AvgIpc) is 3.15. The maximum absolute atomic E-state index is 12.6. The Bertz CT molecular complexity index is 792. The Labute approximate surface area is 137 Å². The van der Waals surface area contributed by atoms with E-state index in [-0.39, 0.29) is 17.8 Å². The summed E-state index contributed by atoms with van der Waals surface area (Å²) in [4.78, 5) is 22.9. The Morgan fingerprint density at radius 1 is 1.22 bits per heavy atom. The van der Waals surface area contributed by atoms with Gasteiger partial charge in [0.25, 0.3) is 5.91 Å². The molecule has 0 atom stereocenters. The van der Waals surface area contributed by atoms with Gasteiger partial charge < -0.3 is 22.1 Å². The van der Waals surface area contributed by atoms with Crippen molar-refractivity contribution in [2.24, 2.45) is 27.2 Å². The van der Waals surface area contributed by atoms with Gasteiger partial charge in [-0.2, -0.15) is 4.99 Å². The number of anilines is 1. The molecule has 0 saturated heterocycles. The first kappa shape index (κ1) is 15.0. The van der Waals surface area contributed by atoms with Gasteiger partial charge in [-0.25, -0.2) is 4.99 Å². The summed E-state index contributed by atoms with van der Waals surface area (Å²) in [6.45, 7) is 0.655. The first-order valence-electron chi connectivity index (χ1n) is 6.96. The molecule has 1 aliphatic rings. The largest absolute Gasteiger partial charge is 0.370 e. The molecule has 8 heteroatoms. The van der Waals surface area contributed by atoms with Gasteiger partial charge in [0.15, 0.2) is 5.96 Å². The lowest BCUT2D eigenvalue weighted by molar-refractivity contribution is 0.0993. The molecule has 1 aliphatic heterocycles. The van der Waals surface area contributed by atoms with E-state index in [1.54, 1.807) is 4.90 Å². The molecule has 0 radical (unpaired) electrons. The Kier molecular flexibility index (Phi) is 3.98. The zero-order valence-corrected chi connectivity index (χ0v) is 13.1. The number of fused-ring (bicyclic) bond motifs is 1. The number of benzene rings is 1. The van der Waals surface area contributed by atoms with Gasteiger partial charge in [0.1, 0.15) is 0 Å². The topological polar surface area (TPSA) is 123 Å². The molecule has 0 unspecified atom stereocenters. The molecule has 0 bridgehead atoms. The van der Waals surface area contributed by atoms with Gasteiger partial charge in [-0.05, 0) is 35.6 Å². The van der Waals surface area contributed by atoms with Crippen LogP contribution in [-0.4, -0.2) is 24.4 Å². The number of carbonyl (C=O) groups excluding carboxylic acids is 1. The number of hydrogen-bond acceptors (Lipinski definition) is 3. The van der Waals surface area contributed by atoms with Gasteiger partial charge in [0.2, 0.25) is 5.96 Å². The van der Waals surface area contributed by atoms with E-state index in [0.29, 0.717) is 17.1 Å². The number of rotatable bonds is 2. The van der Waals surface area contributed by atoms with Crippen LogP contribution in [0.15, 0.2) is 45.7 Å². The molecule has 0 spiro atoms. The van der Waals surface area contributed by atoms with Crippen molar-refractivity contribution in [3.05, 3.63) is 46.2 Å². The van der Waals surface area contributed by atoms with Gasteiger partial charge in [-0.15, -0.1) is 11.3 Å². The van der Waals surface area contributed by atoms with Crippen LogP contribution in [-0.2, 0) is 6.42 Å². The first-order chi connectivity index (χ1) is 11.0. The molecule has 0 fully saturated rings. The van der Waals surface area contributed by atoms with Crippen LogP contribution in [0.5, 0.6) is 0 Å². The first-order valence-corrected chi connectivity index (χ1v) is 7.84. The highest BCUT2D eigenvalue weighted by Gasteiger charge is 2.26. The zero-order valence-electron chi connectivity index (χ0n) is 12.3. The second-order valence-corrected chi connectivity index (χ2v) is 5.95. The molecule has 118 valence electrons. The quantitative estimate of drug-likeness (QED) is 0.565. The molecule has 0 aliphatic carbocycles. The van der Waals surface area contributed by atoms with Gasteiger partial charge in [-0.1, -0.05) is 12.1 Å². The molecule has 2 aromatic rings. The molecule has 7 nitrogen and oxygen atoms in total. The van der Waals surface area contributed by atoms with Crippen LogP contribution in [0.2, 0.25) is 0 Å². The van der Waals surface area contributed by atoms with Crippen LogP contribution in [0.25, 0.3) is 0 Å². The third kappa shape index (κ3) is 3.16. The van der Waals surface area contributed by atoms with Crippen molar-refractivity contribution in [3.8, 4) is 0 Å². The molecule has 1 aromatic carbocycles. The highest BCUT2D eigenvalue weighted by Crippen LogP contribution is 2.33. The maximum Gasteiger partial charge on any atom is 0.268 e. The summed E-state index contributed by atoms with van der Waals surface area (Å²) in [5, 5.41) is 1.89. The van der Waals surface area contributed by atoms with E-state index in [0.717, 1.165) is 17.7 Å². The minimum absolute atomic E-state index is 0.00271. The van der Waals surface area contributed by atoms with Crippen molar-refractivity contribution < 1.29 is 4.79 Å². The zero-order chi connectivity index (χ0) is 16.4. The maximum atomic E-state index is 12.6. The third-order valence-electron chi connectivity index (χ3n) is 3.43. The van der Waals surface area contributed by atoms with E-state index in [1.165, 1.54) is 11.3 Å². The number of nitrogens with zero attached hydrogens (tertiary/aromatic N) is 3. The van der Waals surface area contributed by atoms with E-state index < -0.39 is 0 Å². The van der Waals surface area contributed by atoms with Gasteiger partial charge >= 0.3 is 0 Å². The monoisotopic (exact) mass is 328 g/mol. The highest BCUT2D eigenvalue weighted by atomic mass is 32.1. The van der Waals surface area contributed by atoms with E-state index in [1.807, 2.05) is 35.7 Å². The van der Waals surface area contributed by atoms with Crippen molar-refractivity contribution >= 4 is 40.5 Å². The predicted octanol–water partition coefficient (Wildman–Crippen LogP) is 1.17. The lowest BCUT2D eigenvalue weighted by atomic mass is 10.1. The van der Waals surface area contributed by atoms with Crippen molar-refractivity contribution in [3.63, 3.8) is 0 Å². The van der Waals surface area contributed by atoms with Crippen molar-refractivity contribution in [2.75, 3.05) is 11.4 Å². The van der Waals surface area contributed by atoms with E-state index in [4.69, 9.17) is 17.2 Å². The van der Waals surface area contributed by atoms with E-state index in [9.17, 15) is 4.79 Å². The number of nitrogens with two attached hydrogens (primary N) is 3. The number of guanidine groups is 2. The molecule has 6 N–H and O–H groups in total. The fraction of sp³-hybridized carbons (Fsp3) is 0.133. The molecule has 0 saturated carbocycles. The summed E-state index contributed by atoms with van der Waals surface area (Å²) in [5.74, 6) is -0.182. The van der Waals surface area contributed by atoms with Gasteiger partial charge in [0.05, 0.1) is 10.6 Å². The molecule has 23 heavy (non-hydrogen) atoms. The Morgan fingerprint density at radius 3 is 2.74 bits per heavy atom. The summed E-state index contributed by atoms with van der Waals surface area (Å²) in [6.07, 6.45) is 0.819. The Morgan fingerprint density at radius 2 is 2.04 bits per heavy atom. The third-order valence-corrected chi connectivity index (χ3v) is 4.29. The molecule has 1 aromatic heterocycles. The Hall–Kier alpha value is -2.87. The number of carbonyl (C=O) groups is 1. The Balaban J connectivity index is 1.92. The van der Waals surface area contributed by atoms with Crippen LogP contribution >= 0.6 is 11.3 Å². The van der Waals surface area contributed by atoms with Crippen LogP contribution in [0.3, 0.4) is 0 Å². The van der Waals surface area contributed by atoms with Crippen molar-refractivity contribution in [1.82, 2.24) is 0 Å². The van der Waals surface area contributed by atoms with Crippen LogP contribution in [0, 0.1) is 0 Å². The van der Waals surface area contributed by atoms with E-state index in [2.05, 4.69) is 9.98 Å². The number of aliphatic imine (C=N–C) groups is 2. The van der Waals surface area contributed by atoms with E-state index >= 15 is 0 Å². The summed E-state index contributed by atoms with van der Waals surface area (Å²) in [7, 11) is 0. The highest BCUT2D eigenvalue weighted by molar-refractivity contribution is 7.12. The summed E-state index contributed by atoms with van der Waals surface area (Å²) in [6, 6.07) is 9.28. The normalized spacial score (nSPS) is 13.7. The summed E-state index contributed by atoms with van der Waals surface area (Å²) < 4.78 is 0. The smallest absolute Gasteiger partial charge is 0.268 e. The summed E-state index contributed by atoms with van der Waals surface area (Å²) >= 11 is 1.43. The minimum Gasteiger partial charge on any atom is -0.370 e. The molecule has 2 heterocycles. The van der Waals surface area contributed by atoms with Crippen LogP contribution in [0.4, 0.5) is 11.4 Å². The summed E-state index contributed by atoms with van der Waals surface area (Å²) in [5.41, 5.74) is 18.7. The second-order valence-electron chi connectivity index (χ2n) is 5.00. The average molecular weight is 328 g/mol. The van der Waals surface area contributed by atoms with Crippen LogP contribution in [0.1, 0.15) is 15.2 Å². The fourth-order valence-electron chi connectivity index (χ4n) is 2.47. The van der Waals surface area contributed by atoms with Crippen molar-refractivity contribution in [1.29, 1.82) is 0 Å².